The average molecular weight is 527 g/mol. The van der Waals surface area contributed by atoms with Gasteiger partial charge in [-0.1, -0.05) is 22.6 Å². The number of alkyl halides is 1. The van der Waals surface area contributed by atoms with E-state index in [1.54, 1.807) is 12.3 Å². The Labute approximate surface area is 151 Å². The minimum Gasteiger partial charge on any atom is -0.450 e. The van der Waals surface area contributed by atoms with Gasteiger partial charge < -0.3 is 15.0 Å². The van der Waals surface area contributed by atoms with Gasteiger partial charge in [0.2, 0.25) is 0 Å². The van der Waals surface area contributed by atoms with Crippen LogP contribution in [0.1, 0.15) is 0 Å². The third-order valence-corrected chi connectivity index (χ3v) is 4.59. The molecule has 0 atom stereocenters. The van der Waals surface area contributed by atoms with Gasteiger partial charge in [-0.25, -0.2) is 13.8 Å². The summed E-state index contributed by atoms with van der Waals surface area (Å²) in [6.07, 6.45) is 3.46. The molecule has 2 aromatic heterocycles. The van der Waals surface area contributed by atoms with Crippen LogP contribution >= 0.6 is 45.2 Å². The van der Waals surface area contributed by atoms with Gasteiger partial charge in [-0.3, -0.25) is 0 Å². The summed E-state index contributed by atoms with van der Waals surface area (Å²) < 4.78 is 36.8. The molecule has 0 aliphatic carbocycles. The molecule has 114 valence electrons. The normalized spacial score (nSPS) is 11.1. The predicted octanol–water partition coefficient (Wildman–Crippen LogP) is 4.69. The first-order valence-corrected chi connectivity index (χ1v) is 8.73. The number of ether oxygens (including phenoxy) is 1. The molecule has 0 fully saturated rings. The smallest absolute Gasteiger partial charge is 0.198 e. The van der Waals surface area contributed by atoms with Crippen LogP contribution in [0.2, 0.25) is 0 Å². The summed E-state index contributed by atoms with van der Waals surface area (Å²) in [4.78, 5) is 4.30. The van der Waals surface area contributed by atoms with Crippen molar-refractivity contribution in [2.75, 3.05) is 5.73 Å². The van der Waals surface area contributed by atoms with E-state index >= 15 is 0 Å². The van der Waals surface area contributed by atoms with Crippen molar-refractivity contribution in [2.24, 2.45) is 0 Å². The number of anilines is 1. The van der Waals surface area contributed by atoms with E-state index in [2.05, 4.69) is 50.2 Å². The zero-order valence-electron chi connectivity index (χ0n) is 11.0. The van der Waals surface area contributed by atoms with E-state index in [0.29, 0.717) is 15.9 Å². The molecule has 1 aromatic carbocycles. The SMILES string of the molecule is Nc1cc(F)c(Oc2ccnc3c2c(I)cn3CI)c(F)c1. The summed E-state index contributed by atoms with van der Waals surface area (Å²) in [5.41, 5.74) is 6.12. The van der Waals surface area contributed by atoms with E-state index in [4.69, 9.17) is 10.5 Å². The van der Waals surface area contributed by atoms with Gasteiger partial charge in [-0.05, 0) is 28.7 Å². The molecule has 0 aliphatic heterocycles. The first kappa shape index (κ1) is 15.7. The van der Waals surface area contributed by atoms with Crippen molar-refractivity contribution < 1.29 is 13.5 Å². The van der Waals surface area contributed by atoms with Crippen LogP contribution in [0.4, 0.5) is 14.5 Å². The maximum atomic E-state index is 13.9. The standard InChI is InChI=1S/C14H9F2I2N3O/c15-8-3-7(19)4-9(16)13(8)22-11-1-2-20-14-12(11)10(18)5-21(14)6-17/h1-5H,6,19H2. The first-order chi connectivity index (χ1) is 10.5. The molecule has 0 amide bonds. The van der Waals surface area contributed by atoms with E-state index in [1.165, 1.54) is 0 Å². The zero-order chi connectivity index (χ0) is 15.9. The summed E-state index contributed by atoms with van der Waals surface area (Å²) >= 11 is 4.35. The van der Waals surface area contributed by atoms with Gasteiger partial charge >= 0.3 is 0 Å². The topological polar surface area (TPSA) is 53.1 Å². The van der Waals surface area contributed by atoms with Crippen LogP contribution in [-0.4, -0.2) is 9.55 Å². The molecule has 0 saturated carbocycles. The second kappa shape index (κ2) is 6.14. The van der Waals surface area contributed by atoms with Gasteiger partial charge in [0.05, 0.1) is 9.94 Å². The monoisotopic (exact) mass is 527 g/mol. The highest BCUT2D eigenvalue weighted by Crippen LogP contribution is 2.36. The first-order valence-electron chi connectivity index (χ1n) is 6.13. The van der Waals surface area contributed by atoms with Crippen molar-refractivity contribution in [3.05, 3.63) is 45.8 Å². The molecule has 3 rings (SSSR count). The van der Waals surface area contributed by atoms with Crippen molar-refractivity contribution >= 4 is 61.9 Å². The Hall–Kier alpha value is -1.17. The highest BCUT2D eigenvalue weighted by atomic mass is 127. The molecule has 0 spiro atoms. The number of nitrogens with two attached hydrogens (primary N) is 1. The molecule has 22 heavy (non-hydrogen) atoms. The molecule has 3 aromatic rings. The molecule has 0 radical (unpaired) electrons. The Morgan fingerprint density at radius 2 is 1.95 bits per heavy atom. The molecule has 0 bridgehead atoms. The minimum absolute atomic E-state index is 0.00729. The lowest BCUT2D eigenvalue weighted by molar-refractivity contribution is 0.411. The molecule has 0 unspecified atom stereocenters. The van der Waals surface area contributed by atoms with E-state index in [1.807, 2.05) is 10.8 Å². The Kier molecular flexibility index (Phi) is 4.39. The molecule has 0 saturated heterocycles. The van der Waals surface area contributed by atoms with Crippen LogP contribution in [-0.2, 0) is 4.55 Å². The number of nitrogens with zero attached hydrogens (tertiary/aromatic N) is 2. The van der Waals surface area contributed by atoms with Gasteiger partial charge in [0.15, 0.2) is 17.4 Å². The number of benzene rings is 1. The largest absolute Gasteiger partial charge is 0.450 e. The van der Waals surface area contributed by atoms with E-state index in [0.717, 1.165) is 21.1 Å². The number of hydrogen-bond donors (Lipinski definition) is 1. The minimum atomic E-state index is -0.842. The van der Waals surface area contributed by atoms with Crippen molar-refractivity contribution in [1.82, 2.24) is 9.55 Å². The fourth-order valence-electron chi connectivity index (χ4n) is 2.10. The molecule has 8 heteroatoms. The van der Waals surface area contributed by atoms with Gasteiger partial charge in [-0.15, -0.1) is 0 Å². The predicted molar refractivity (Wildman–Crippen MR) is 97.3 cm³/mol. The number of fused-ring (bicyclic) bond motifs is 1. The van der Waals surface area contributed by atoms with Gasteiger partial charge in [-0.2, -0.15) is 0 Å². The number of pyridine rings is 1. The maximum Gasteiger partial charge on any atom is 0.198 e. The summed E-state index contributed by atoms with van der Waals surface area (Å²) in [7, 11) is 0. The van der Waals surface area contributed by atoms with Gasteiger partial charge in [0.1, 0.15) is 11.4 Å². The van der Waals surface area contributed by atoms with Crippen LogP contribution in [0.25, 0.3) is 11.0 Å². The van der Waals surface area contributed by atoms with Crippen LogP contribution in [0.5, 0.6) is 11.5 Å². The molecule has 0 aliphatic rings. The lowest BCUT2D eigenvalue weighted by atomic mass is 10.2. The molecule has 2 heterocycles. The van der Waals surface area contributed by atoms with Crippen molar-refractivity contribution in [3.8, 4) is 11.5 Å². The van der Waals surface area contributed by atoms with Crippen LogP contribution in [0.3, 0.4) is 0 Å². The Morgan fingerprint density at radius 1 is 1.27 bits per heavy atom. The number of halogens is 4. The van der Waals surface area contributed by atoms with Crippen molar-refractivity contribution in [3.63, 3.8) is 0 Å². The number of rotatable bonds is 3. The van der Waals surface area contributed by atoms with Gasteiger partial charge in [0, 0.05) is 33.8 Å². The summed E-state index contributed by atoms with van der Waals surface area (Å²) in [6.45, 7) is 0. The zero-order valence-corrected chi connectivity index (χ0v) is 15.3. The summed E-state index contributed by atoms with van der Waals surface area (Å²) in [5, 5.41) is 0.718. The Bertz CT molecular complexity index is 844. The average Bonchev–Trinajstić information content (AvgIpc) is 2.80. The fraction of sp³-hybridized carbons (Fsp3) is 0.0714. The highest BCUT2D eigenvalue weighted by Gasteiger charge is 2.17. The fourth-order valence-corrected chi connectivity index (χ4v) is 3.46. The summed E-state index contributed by atoms with van der Waals surface area (Å²) in [5.74, 6) is -1.81. The molecule has 2 N–H and O–H groups in total. The Morgan fingerprint density at radius 3 is 2.59 bits per heavy atom. The Balaban J connectivity index is 2.14. The van der Waals surface area contributed by atoms with E-state index in [9.17, 15) is 8.78 Å². The van der Waals surface area contributed by atoms with E-state index < -0.39 is 17.4 Å². The maximum absolute atomic E-state index is 13.9. The third kappa shape index (κ3) is 2.73. The molecule has 4 nitrogen and oxygen atoms in total. The highest BCUT2D eigenvalue weighted by molar-refractivity contribution is 14.1. The van der Waals surface area contributed by atoms with Crippen molar-refractivity contribution in [1.29, 1.82) is 0 Å². The lowest BCUT2D eigenvalue weighted by Crippen LogP contribution is -1.97. The van der Waals surface area contributed by atoms with E-state index in [-0.39, 0.29) is 5.69 Å². The number of aromatic nitrogens is 2. The lowest BCUT2D eigenvalue weighted by Gasteiger charge is -2.10. The number of nitrogen functional groups attached to an aromatic ring is 1. The summed E-state index contributed by atoms with van der Waals surface area (Å²) in [6, 6.07) is 3.63. The van der Waals surface area contributed by atoms with Crippen LogP contribution in [0.15, 0.2) is 30.6 Å². The quantitative estimate of drug-likeness (QED) is 0.306. The second-order valence-corrected chi connectivity index (χ2v) is 6.33. The molecular formula is C14H9F2I2N3O. The number of hydrogen-bond acceptors (Lipinski definition) is 3. The van der Waals surface area contributed by atoms with Crippen molar-refractivity contribution in [2.45, 2.75) is 4.55 Å². The van der Waals surface area contributed by atoms with Gasteiger partial charge in [0.25, 0.3) is 0 Å². The second-order valence-electron chi connectivity index (χ2n) is 4.49. The van der Waals surface area contributed by atoms with Crippen LogP contribution in [0, 0.1) is 15.2 Å². The molecular weight excluding hydrogens is 518 g/mol. The van der Waals surface area contributed by atoms with Crippen LogP contribution < -0.4 is 10.5 Å². The third-order valence-electron chi connectivity index (χ3n) is 3.03.